The fraction of sp³-hybridized carbons (Fsp3) is 0.200. The number of benzene rings is 3. The van der Waals surface area contributed by atoms with Crippen LogP contribution in [0.5, 0.6) is 5.75 Å². The van der Waals surface area contributed by atoms with Gasteiger partial charge in [0.25, 0.3) is 0 Å². The molecule has 1 N–H and O–H groups in total. The van der Waals surface area contributed by atoms with Gasteiger partial charge in [-0.2, -0.15) is 0 Å². The Morgan fingerprint density at radius 3 is 2.62 bits per heavy atom. The Kier molecular flexibility index (Phi) is 6.98. The molecule has 3 aromatic carbocycles. The highest BCUT2D eigenvalue weighted by atomic mass is 35.5. The maximum absolute atomic E-state index is 14.6. The van der Waals surface area contributed by atoms with Gasteiger partial charge in [-0.1, -0.05) is 35.9 Å². The lowest BCUT2D eigenvalue weighted by Gasteiger charge is -2.37. The maximum atomic E-state index is 14.6. The number of rotatable bonds is 6. The molecule has 6 nitrogen and oxygen atoms in total. The van der Waals surface area contributed by atoms with E-state index in [0.29, 0.717) is 27.3 Å². The number of fused-ring (bicyclic) bond motifs is 1. The van der Waals surface area contributed by atoms with E-state index in [9.17, 15) is 18.4 Å². The van der Waals surface area contributed by atoms with Gasteiger partial charge < -0.3 is 14.6 Å². The van der Waals surface area contributed by atoms with E-state index in [2.05, 4.69) is 0 Å². The zero-order valence-electron chi connectivity index (χ0n) is 17.8. The third-order valence-corrected chi connectivity index (χ3v) is 5.70. The predicted molar refractivity (Wildman–Crippen MR) is 120 cm³/mol. The Hall–Kier alpha value is -3.65. The Labute approximate surface area is 199 Å². The van der Waals surface area contributed by atoms with Crippen molar-refractivity contribution in [2.45, 2.75) is 19.1 Å². The second-order valence-corrected chi connectivity index (χ2v) is 8.14. The molecule has 0 radical (unpaired) electrons. The number of hydrogen-bond acceptors (Lipinski definition) is 4. The summed E-state index contributed by atoms with van der Waals surface area (Å²) in [6, 6.07) is 14.0. The number of carbonyl (C=O) groups is 2. The van der Waals surface area contributed by atoms with Gasteiger partial charge in [-0.3, -0.25) is 4.90 Å². The number of aliphatic carboxylic acids is 1. The molecule has 9 heteroatoms. The van der Waals surface area contributed by atoms with Gasteiger partial charge in [0.05, 0.1) is 6.04 Å². The normalized spacial score (nSPS) is 14.9. The van der Waals surface area contributed by atoms with E-state index >= 15 is 0 Å². The van der Waals surface area contributed by atoms with Gasteiger partial charge in [0, 0.05) is 17.1 Å². The number of halogens is 3. The second kappa shape index (κ2) is 10.1. The van der Waals surface area contributed by atoms with Crippen LogP contribution >= 0.6 is 11.6 Å². The van der Waals surface area contributed by atoms with E-state index in [4.69, 9.17) is 26.2 Å². The molecule has 1 unspecified atom stereocenters. The monoisotopic (exact) mass is 487 g/mol. The van der Waals surface area contributed by atoms with Crippen molar-refractivity contribution in [1.82, 2.24) is 4.90 Å². The van der Waals surface area contributed by atoms with Crippen LogP contribution in [0.4, 0.5) is 13.6 Å². The molecule has 0 aliphatic carbocycles. The lowest BCUT2D eigenvalue weighted by Crippen LogP contribution is -2.41. The van der Waals surface area contributed by atoms with Crippen molar-refractivity contribution < 1.29 is 33.0 Å². The maximum Gasteiger partial charge on any atom is 0.410 e. The van der Waals surface area contributed by atoms with Gasteiger partial charge in [0.2, 0.25) is 0 Å². The number of carboxylic acid groups (broad SMARTS) is 1. The average molecular weight is 488 g/mol. The van der Waals surface area contributed by atoms with E-state index in [1.165, 1.54) is 47.4 Å². The van der Waals surface area contributed by atoms with Crippen LogP contribution in [0.2, 0.25) is 5.02 Å². The van der Waals surface area contributed by atoms with Crippen molar-refractivity contribution in [2.75, 3.05) is 13.2 Å². The molecule has 1 atom stereocenters. The Balaban J connectivity index is 1.72. The van der Waals surface area contributed by atoms with E-state index < -0.39 is 36.3 Å². The smallest absolute Gasteiger partial charge is 0.410 e. The quantitative estimate of drug-likeness (QED) is 0.506. The second-order valence-electron chi connectivity index (χ2n) is 7.70. The van der Waals surface area contributed by atoms with Crippen LogP contribution in [-0.2, 0) is 22.6 Å². The topological polar surface area (TPSA) is 76.1 Å². The summed E-state index contributed by atoms with van der Waals surface area (Å²) in [6.07, 6.45) is -0.451. The van der Waals surface area contributed by atoms with Crippen molar-refractivity contribution in [1.29, 1.82) is 0 Å². The van der Waals surface area contributed by atoms with Gasteiger partial charge in [-0.15, -0.1) is 0 Å². The van der Waals surface area contributed by atoms with Crippen LogP contribution in [0.3, 0.4) is 0 Å². The van der Waals surface area contributed by atoms with Crippen molar-refractivity contribution in [3.63, 3.8) is 0 Å². The molecule has 0 fully saturated rings. The Morgan fingerprint density at radius 1 is 1.06 bits per heavy atom. The minimum absolute atomic E-state index is 0.130. The standard InChI is InChI=1S/C25H20ClF2NO5/c26-16-7-8-22(33-14-23(30)31)20(12-16)24-19-5-2-6-21(28)18(19)9-10-29(24)25(32)34-13-15-3-1-4-17(27)11-15/h1-8,11-12,24H,9-10,13-14H2,(H,30,31). The zero-order chi connectivity index (χ0) is 24.2. The minimum atomic E-state index is -1.18. The Morgan fingerprint density at radius 2 is 1.85 bits per heavy atom. The summed E-state index contributed by atoms with van der Waals surface area (Å²) in [5.74, 6) is -1.85. The fourth-order valence-corrected chi connectivity index (χ4v) is 4.20. The summed E-state index contributed by atoms with van der Waals surface area (Å²) in [5, 5.41) is 9.38. The molecule has 1 heterocycles. The Bertz CT molecular complexity index is 1240. The van der Waals surface area contributed by atoms with E-state index in [-0.39, 0.29) is 25.3 Å². The van der Waals surface area contributed by atoms with Crippen LogP contribution in [0, 0.1) is 11.6 Å². The van der Waals surface area contributed by atoms with Gasteiger partial charge in [0.1, 0.15) is 24.0 Å². The molecule has 1 aliphatic rings. The molecular formula is C25H20ClF2NO5. The molecule has 0 spiro atoms. The highest BCUT2D eigenvalue weighted by Crippen LogP contribution is 2.41. The van der Waals surface area contributed by atoms with Crippen LogP contribution in [0.15, 0.2) is 60.7 Å². The number of amides is 1. The number of ether oxygens (including phenoxy) is 2. The van der Waals surface area contributed by atoms with Crippen molar-refractivity contribution >= 4 is 23.7 Å². The van der Waals surface area contributed by atoms with Crippen molar-refractivity contribution in [3.05, 3.63) is 99.6 Å². The van der Waals surface area contributed by atoms with Crippen molar-refractivity contribution in [2.24, 2.45) is 0 Å². The predicted octanol–water partition coefficient (Wildman–Crippen LogP) is 5.37. The molecule has 0 saturated carbocycles. The lowest BCUT2D eigenvalue weighted by molar-refractivity contribution is -0.139. The molecule has 3 aromatic rings. The number of carbonyl (C=O) groups excluding carboxylic acids is 1. The van der Waals surface area contributed by atoms with E-state index in [1.54, 1.807) is 18.2 Å². The summed E-state index contributed by atoms with van der Waals surface area (Å²) in [5.41, 5.74) is 1.81. The summed E-state index contributed by atoms with van der Waals surface area (Å²) >= 11 is 6.22. The largest absolute Gasteiger partial charge is 0.482 e. The van der Waals surface area contributed by atoms with E-state index in [0.717, 1.165) is 0 Å². The van der Waals surface area contributed by atoms with Crippen LogP contribution in [-0.4, -0.2) is 35.2 Å². The van der Waals surface area contributed by atoms with Gasteiger partial charge in [0.15, 0.2) is 6.61 Å². The van der Waals surface area contributed by atoms with Gasteiger partial charge in [-0.05, 0) is 59.5 Å². The van der Waals surface area contributed by atoms with Crippen molar-refractivity contribution in [3.8, 4) is 5.75 Å². The number of nitrogens with zero attached hydrogens (tertiary/aromatic N) is 1. The molecule has 34 heavy (non-hydrogen) atoms. The number of carboxylic acids is 1. The molecule has 176 valence electrons. The molecule has 0 saturated heterocycles. The first kappa shape index (κ1) is 23.5. The molecule has 0 bridgehead atoms. The molecule has 4 rings (SSSR count). The van der Waals surface area contributed by atoms with Crippen LogP contribution in [0.1, 0.15) is 28.3 Å². The first-order valence-corrected chi connectivity index (χ1v) is 10.8. The van der Waals surface area contributed by atoms with Crippen LogP contribution < -0.4 is 4.74 Å². The number of hydrogen-bond donors (Lipinski definition) is 1. The van der Waals surface area contributed by atoms with E-state index in [1.807, 2.05) is 0 Å². The highest BCUT2D eigenvalue weighted by molar-refractivity contribution is 6.30. The van der Waals surface area contributed by atoms with Gasteiger partial charge in [-0.25, -0.2) is 18.4 Å². The zero-order valence-corrected chi connectivity index (χ0v) is 18.6. The third kappa shape index (κ3) is 5.12. The molecule has 1 aliphatic heterocycles. The molecular weight excluding hydrogens is 468 g/mol. The minimum Gasteiger partial charge on any atom is -0.482 e. The molecule has 0 aromatic heterocycles. The average Bonchev–Trinajstić information content (AvgIpc) is 2.81. The summed E-state index contributed by atoms with van der Waals surface area (Å²) in [4.78, 5) is 25.6. The first-order chi connectivity index (χ1) is 16.3. The van der Waals surface area contributed by atoms with Gasteiger partial charge >= 0.3 is 12.1 Å². The summed E-state index contributed by atoms with van der Waals surface area (Å²) in [7, 11) is 0. The lowest BCUT2D eigenvalue weighted by atomic mass is 9.87. The third-order valence-electron chi connectivity index (χ3n) is 5.47. The van der Waals surface area contributed by atoms with Crippen LogP contribution in [0.25, 0.3) is 0 Å². The highest BCUT2D eigenvalue weighted by Gasteiger charge is 2.36. The fourth-order valence-electron chi connectivity index (χ4n) is 4.02. The first-order valence-electron chi connectivity index (χ1n) is 10.4. The summed E-state index contributed by atoms with van der Waals surface area (Å²) < 4.78 is 39.0. The SMILES string of the molecule is O=C(O)COc1ccc(Cl)cc1C1c2cccc(F)c2CCN1C(=O)OCc1cccc(F)c1. The molecule has 1 amide bonds. The summed E-state index contributed by atoms with van der Waals surface area (Å²) in [6.45, 7) is -0.638.